The van der Waals surface area contributed by atoms with Gasteiger partial charge in [-0.1, -0.05) is 12.2 Å². The lowest BCUT2D eigenvalue weighted by molar-refractivity contribution is 0.931. The Balaban J connectivity index is 2.64. The maximum atomic E-state index is 5.55. The second kappa shape index (κ2) is 4.04. The van der Waals surface area contributed by atoms with Crippen molar-refractivity contribution in [2.75, 3.05) is 0 Å². The molecular weight excluding hydrogens is 222 g/mol. The van der Waals surface area contributed by atoms with E-state index in [2.05, 4.69) is 27.4 Å². The van der Waals surface area contributed by atoms with E-state index in [0.717, 1.165) is 3.79 Å². The molecule has 1 unspecified atom stereocenters. The summed E-state index contributed by atoms with van der Waals surface area (Å²) in [5.41, 5.74) is 6.76. The fourth-order valence-corrected chi connectivity index (χ4v) is 1.82. The lowest BCUT2D eigenvalue weighted by atomic mass is 10.2. The Morgan fingerprint density at radius 1 is 1.73 bits per heavy atom. The summed E-state index contributed by atoms with van der Waals surface area (Å²) < 4.78 is 1.15. The van der Waals surface area contributed by atoms with Crippen molar-refractivity contribution in [2.45, 2.75) is 13.0 Å². The molecule has 0 aromatic carbocycles. The molecule has 0 aliphatic carbocycles. The molecule has 11 heavy (non-hydrogen) atoms. The largest absolute Gasteiger partial charge is 0.325 e. The molecule has 0 aliphatic rings. The van der Waals surface area contributed by atoms with E-state index in [1.54, 1.807) is 11.3 Å². The van der Waals surface area contributed by atoms with E-state index in [4.69, 9.17) is 5.73 Å². The first-order valence-corrected chi connectivity index (χ1v) is 5.03. The van der Waals surface area contributed by atoms with E-state index >= 15 is 0 Å². The molecule has 1 atom stereocenters. The van der Waals surface area contributed by atoms with Crippen LogP contribution >= 0.6 is 27.3 Å². The van der Waals surface area contributed by atoms with Crippen LogP contribution < -0.4 is 5.73 Å². The van der Waals surface area contributed by atoms with Crippen LogP contribution in [-0.4, -0.2) is 6.04 Å². The van der Waals surface area contributed by atoms with Gasteiger partial charge in [-0.3, -0.25) is 0 Å². The first-order chi connectivity index (χ1) is 5.18. The molecular formula is C8H10BrNS. The van der Waals surface area contributed by atoms with Gasteiger partial charge in [0.1, 0.15) is 0 Å². The molecule has 1 heterocycles. The minimum atomic E-state index is 0.133. The van der Waals surface area contributed by atoms with E-state index in [-0.39, 0.29) is 6.04 Å². The summed E-state index contributed by atoms with van der Waals surface area (Å²) in [5.74, 6) is 0. The highest BCUT2D eigenvalue weighted by Gasteiger charge is 1.91. The first kappa shape index (κ1) is 8.97. The molecule has 3 heteroatoms. The Kier molecular flexibility index (Phi) is 3.30. The molecule has 0 spiro atoms. The van der Waals surface area contributed by atoms with Crippen molar-refractivity contribution in [3.8, 4) is 0 Å². The summed E-state index contributed by atoms with van der Waals surface area (Å²) in [6, 6.07) is 2.21. The Labute approximate surface area is 79.0 Å². The van der Waals surface area contributed by atoms with Crippen LogP contribution in [0.1, 0.15) is 12.5 Å². The molecule has 0 saturated carbocycles. The highest BCUT2D eigenvalue weighted by molar-refractivity contribution is 9.11. The van der Waals surface area contributed by atoms with E-state index < -0.39 is 0 Å². The van der Waals surface area contributed by atoms with Crippen molar-refractivity contribution in [2.24, 2.45) is 5.73 Å². The quantitative estimate of drug-likeness (QED) is 0.833. The fraction of sp³-hybridized carbons (Fsp3) is 0.250. The van der Waals surface area contributed by atoms with Crippen LogP contribution in [0.2, 0.25) is 0 Å². The summed E-state index contributed by atoms with van der Waals surface area (Å²) in [7, 11) is 0. The zero-order valence-corrected chi connectivity index (χ0v) is 8.65. The van der Waals surface area contributed by atoms with Crippen LogP contribution in [0.3, 0.4) is 0 Å². The van der Waals surface area contributed by atoms with Gasteiger partial charge in [0.05, 0.1) is 3.79 Å². The van der Waals surface area contributed by atoms with E-state index in [0.29, 0.717) is 0 Å². The summed E-state index contributed by atoms with van der Waals surface area (Å²) in [4.78, 5) is 0. The number of nitrogens with two attached hydrogens (primary N) is 1. The molecule has 1 nitrogen and oxygen atoms in total. The first-order valence-electron chi connectivity index (χ1n) is 3.36. The lowest BCUT2D eigenvalue weighted by Crippen LogP contribution is -2.09. The van der Waals surface area contributed by atoms with E-state index in [1.807, 2.05) is 19.1 Å². The van der Waals surface area contributed by atoms with Crippen molar-refractivity contribution >= 4 is 33.3 Å². The van der Waals surface area contributed by atoms with Crippen molar-refractivity contribution in [1.29, 1.82) is 0 Å². The zero-order valence-electron chi connectivity index (χ0n) is 6.25. The smallest absolute Gasteiger partial charge is 0.0704 e. The van der Waals surface area contributed by atoms with Gasteiger partial charge in [0, 0.05) is 6.04 Å². The Morgan fingerprint density at radius 2 is 2.45 bits per heavy atom. The number of rotatable bonds is 2. The molecule has 0 fully saturated rings. The highest BCUT2D eigenvalue weighted by atomic mass is 79.9. The Bertz CT molecular complexity index is 252. The van der Waals surface area contributed by atoms with E-state index in [9.17, 15) is 0 Å². The van der Waals surface area contributed by atoms with Crippen molar-refractivity contribution in [1.82, 2.24) is 0 Å². The summed E-state index contributed by atoms with van der Waals surface area (Å²) in [5, 5.41) is 2.09. The minimum Gasteiger partial charge on any atom is -0.325 e. The van der Waals surface area contributed by atoms with Gasteiger partial charge in [-0.05, 0) is 39.9 Å². The third-order valence-electron chi connectivity index (χ3n) is 1.18. The van der Waals surface area contributed by atoms with Gasteiger partial charge >= 0.3 is 0 Å². The fourth-order valence-electron chi connectivity index (χ4n) is 0.674. The van der Waals surface area contributed by atoms with Crippen LogP contribution in [0.5, 0.6) is 0 Å². The van der Waals surface area contributed by atoms with Gasteiger partial charge < -0.3 is 5.73 Å². The highest BCUT2D eigenvalue weighted by Crippen LogP contribution is 2.21. The lowest BCUT2D eigenvalue weighted by Gasteiger charge is -1.91. The third kappa shape index (κ3) is 3.18. The molecule has 1 rings (SSSR count). The van der Waals surface area contributed by atoms with Crippen LogP contribution in [0, 0.1) is 0 Å². The average molecular weight is 232 g/mol. The number of thiophene rings is 1. The van der Waals surface area contributed by atoms with Crippen LogP contribution in [-0.2, 0) is 0 Å². The minimum absolute atomic E-state index is 0.133. The molecule has 0 radical (unpaired) electrons. The topological polar surface area (TPSA) is 26.0 Å². The third-order valence-corrected chi connectivity index (χ3v) is 2.70. The molecule has 60 valence electrons. The SMILES string of the molecule is CC(N)/C=C/c1csc(Br)c1. The molecule has 0 amide bonds. The molecule has 1 aromatic heterocycles. The summed E-state index contributed by atoms with van der Waals surface area (Å²) in [6.45, 7) is 1.96. The number of hydrogen-bond acceptors (Lipinski definition) is 2. The van der Waals surface area contributed by atoms with Gasteiger partial charge in [0.25, 0.3) is 0 Å². The van der Waals surface area contributed by atoms with Gasteiger partial charge in [-0.25, -0.2) is 0 Å². The molecule has 0 bridgehead atoms. The molecule has 0 saturated heterocycles. The Morgan fingerprint density at radius 3 is 2.91 bits per heavy atom. The maximum Gasteiger partial charge on any atom is 0.0704 e. The second-order valence-electron chi connectivity index (χ2n) is 2.40. The maximum absolute atomic E-state index is 5.55. The standard InChI is InChI=1S/C8H10BrNS/c1-6(10)2-3-7-4-8(9)11-5-7/h2-6H,10H2,1H3/b3-2+. The predicted molar refractivity (Wildman–Crippen MR) is 54.7 cm³/mol. The van der Waals surface area contributed by atoms with E-state index in [1.165, 1.54) is 5.56 Å². The van der Waals surface area contributed by atoms with Crippen LogP contribution in [0.25, 0.3) is 6.08 Å². The second-order valence-corrected chi connectivity index (χ2v) is 4.69. The molecule has 2 N–H and O–H groups in total. The van der Waals surface area contributed by atoms with Crippen molar-refractivity contribution < 1.29 is 0 Å². The van der Waals surface area contributed by atoms with Crippen molar-refractivity contribution in [3.05, 3.63) is 26.9 Å². The van der Waals surface area contributed by atoms with Gasteiger partial charge in [-0.2, -0.15) is 0 Å². The zero-order chi connectivity index (χ0) is 8.27. The number of hydrogen-bond donors (Lipinski definition) is 1. The number of halogens is 1. The molecule has 1 aromatic rings. The van der Waals surface area contributed by atoms with Gasteiger partial charge in [0.15, 0.2) is 0 Å². The summed E-state index contributed by atoms with van der Waals surface area (Å²) >= 11 is 5.07. The normalized spacial score (nSPS) is 14.1. The average Bonchev–Trinajstić information content (AvgIpc) is 2.31. The molecule has 0 aliphatic heterocycles. The summed E-state index contributed by atoms with van der Waals surface area (Å²) in [6.07, 6.45) is 4.01. The monoisotopic (exact) mass is 231 g/mol. The van der Waals surface area contributed by atoms with Crippen LogP contribution in [0.15, 0.2) is 21.3 Å². The predicted octanol–water partition coefficient (Wildman–Crippen LogP) is 2.87. The van der Waals surface area contributed by atoms with Crippen molar-refractivity contribution in [3.63, 3.8) is 0 Å². The Hall–Kier alpha value is -0.120. The van der Waals surface area contributed by atoms with Crippen LogP contribution in [0.4, 0.5) is 0 Å². The van der Waals surface area contributed by atoms with Gasteiger partial charge in [0.2, 0.25) is 0 Å². The van der Waals surface area contributed by atoms with Gasteiger partial charge in [-0.15, -0.1) is 11.3 Å².